The molecule has 0 spiro atoms. The lowest BCUT2D eigenvalue weighted by Crippen LogP contribution is -1.94. The van der Waals surface area contributed by atoms with Gasteiger partial charge in [0.25, 0.3) is 0 Å². The number of hydrogen-bond donors (Lipinski definition) is 0. The number of nitrogens with zero attached hydrogens (tertiary/aromatic N) is 2. The number of aryl methyl sites for hydroxylation is 1. The second-order valence-corrected chi connectivity index (χ2v) is 3.77. The first-order valence-corrected chi connectivity index (χ1v) is 4.83. The average molecular weight is 237 g/mol. The van der Waals surface area contributed by atoms with E-state index in [0.29, 0.717) is 0 Å². The molecule has 1 aromatic carbocycles. The molecule has 66 valence electrons. The molecule has 13 heavy (non-hydrogen) atoms. The van der Waals surface area contributed by atoms with Gasteiger partial charge in [0, 0.05) is 10.7 Å². The Bertz CT molecular complexity index is 420. The number of benzene rings is 1. The van der Waals surface area contributed by atoms with E-state index in [-0.39, 0.29) is 0 Å². The van der Waals surface area contributed by atoms with E-state index in [9.17, 15) is 0 Å². The molecule has 2 aromatic rings. The van der Waals surface area contributed by atoms with Crippen LogP contribution in [0, 0.1) is 6.92 Å². The molecule has 0 amide bonds. The van der Waals surface area contributed by atoms with E-state index in [2.05, 4.69) is 21.0 Å². The molecule has 3 heteroatoms. The summed E-state index contributed by atoms with van der Waals surface area (Å²) in [7, 11) is 0. The molecule has 0 radical (unpaired) electrons. The predicted octanol–water partition coefficient (Wildman–Crippen LogP) is 2.94. The molecule has 0 fully saturated rings. The molecule has 0 unspecified atom stereocenters. The van der Waals surface area contributed by atoms with Crippen LogP contribution in [0.3, 0.4) is 0 Å². The van der Waals surface area contributed by atoms with Gasteiger partial charge in [-0.3, -0.25) is 0 Å². The van der Waals surface area contributed by atoms with Crippen LogP contribution < -0.4 is 0 Å². The zero-order chi connectivity index (χ0) is 9.26. The first-order valence-electron chi connectivity index (χ1n) is 4.03. The van der Waals surface area contributed by atoms with Gasteiger partial charge in [-0.05, 0) is 40.5 Å². The Morgan fingerprint density at radius 1 is 1.31 bits per heavy atom. The number of para-hydroxylation sites is 1. The average Bonchev–Trinajstić information content (AvgIpc) is 2.53. The van der Waals surface area contributed by atoms with Gasteiger partial charge >= 0.3 is 0 Å². The molecule has 2 rings (SSSR count). The maximum absolute atomic E-state index is 4.23. The van der Waals surface area contributed by atoms with Crippen molar-refractivity contribution in [2.24, 2.45) is 0 Å². The summed E-state index contributed by atoms with van der Waals surface area (Å²) in [4.78, 5) is 0. The van der Waals surface area contributed by atoms with Gasteiger partial charge in [-0.2, -0.15) is 5.10 Å². The second-order valence-electron chi connectivity index (χ2n) is 2.91. The van der Waals surface area contributed by atoms with Crippen molar-refractivity contribution in [3.8, 4) is 5.69 Å². The largest absolute Gasteiger partial charge is 0.240 e. The Morgan fingerprint density at radius 2 is 2.08 bits per heavy atom. The standard InChI is InChI=1S/C10H9BrN2/c1-8-6-12-13(7-8)10-5-3-2-4-9(10)11/h2-7H,1H3. The SMILES string of the molecule is Cc1cnn(-c2ccccc2Br)c1. The van der Waals surface area contributed by atoms with Crippen molar-refractivity contribution in [3.05, 3.63) is 46.7 Å². The van der Waals surface area contributed by atoms with Crippen LogP contribution in [0.1, 0.15) is 5.56 Å². The Balaban J connectivity index is 2.52. The lowest BCUT2D eigenvalue weighted by molar-refractivity contribution is 0.876. The lowest BCUT2D eigenvalue weighted by atomic mass is 10.3. The van der Waals surface area contributed by atoms with Gasteiger partial charge in [-0.25, -0.2) is 4.68 Å². The van der Waals surface area contributed by atoms with Crippen molar-refractivity contribution in [2.75, 3.05) is 0 Å². The third-order valence-electron chi connectivity index (χ3n) is 1.81. The zero-order valence-electron chi connectivity index (χ0n) is 7.24. The highest BCUT2D eigenvalue weighted by Crippen LogP contribution is 2.19. The summed E-state index contributed by atoms with van der Waals surface area (Å²) in [6, 6.07) is 8.02. The van der Waals surface area contributed by atoms with Crippen molar-refractivity contribution >= 4 is 15.9 Å². The van der Waals surface area contributed by atoms with Crippen molar-refractivity contribution in [2.45, 2.75) is 6.92 Å². The van der Waals surface area contributed by atoms with E-state index in [0.717, 1.165) is 15.7 Å². The highest BCUT2D eigenvalue weighted by Gasteiger charge is 2.00. The highest BCUT2D eigenvalue weighted by atomic mass is 79.9. The quantitative estimate of drug-likeness (QED) is 0.745. The van der Waals surface area contributed by atoms with Crippen LogP contribution in [0.15, 0.2) is 41.1 Å². The fraction of sp³-hybridized carbons (Fsp3) is 0.100. The summed E-state index contributed by atoms with van der Waals surface area (Å²) < 4.78 is 2.91. The van der Waals surface area contributed by atoms with Crippen molar-refractivity contribution in [1.29, 1.82) is 0 Å². The maximum atomic E-state index is 4.23. The van der Waals surface area contributed by atoms with E-state index >= 15 is 0 Å². The molecule has 2 nitrogen and oxygen atoms in total. The van der Waals surface area contributed by atoms with Crippen molar-refractivity contribution < 1.29 is 0 Å². The Morgan fingerprint density at radius 3 is 2.69 bits per heavy atom. The van der Waals surface area contributed by atoms with Gasteiger partial charge in [0.05, 0.1) is 11.9 Å². The minimum atomic E-state index is 1.05. The monoisotopic (exact) mass is 236 g/mol. The number of halogens is 1. The first-order chi connectivity index (χ1) is 6.27. The van der Waals surface area contributed by atoms with Crippen LogP contribution in [-0.4, -0.2) is 9.78 Å². The van der Waals surface area contributed by atoms with Gasteiger partial charge in [0.15, 0.2) is 0 Å². The smallest absolute Gasteiger partial charge is 0.0787 e. The van der Waals surface area contributed by atoms with Crippen molar-refractivity contribution in [3.63, 3.8) is 0 Å². The normalized spacial score (nSPS) is 10.3. The topological polar surface area (TPSA) is 17.8 Å². The molecule has 1 aromatic heterocycles. The Hall–Kier alpha value is -1.09. The molecule has 0 aliphatic rings. The maximum Gasteiger partial charge on any atom is 0.0787 e. The number of aromatic nitrogens is 2. The molecular formula is C10H9BrN2. The van der Waals surface area contributed by atoms with Crippen LogP contribution >= 0.6 is 15.9 Å². The third-order valence-corrected chi connectivity index (χ3v) is 2.48. The summed E-state index contributed by atoms with van der Waals surface area (Å²) in [6.45, 7) is 2.03. The number of rotatable bonds is 1. The predicted molar refractivity (Wildman–Crippen MR) is 56.0 cm³/mol. The Labute approximate surface area is 85.3 Å². The van der Waals surface area contributed by atoms with E-state index in [4.69, 9.17) is 0 Å². The van der Waals surface area contributed by atoms with Crippen LogP contribution in [-0.2, 0) is 0 Å². The highest BCUT2D eigenvalue weighted by molar-refractivity contribution is 9.10. The summed E-state index contributed by atoms with van der Waals surface area (Å²) in [5.41, 5.74) is 2.23. The molecule has 0 saturated heterocycles. The van der Waals surface area contributed by atoms with Gasteiger partial charge in [0.2, 0.25) is 0 Å². The van der Waals surface area contributed by atoms with Crippen molar-refractivity contribution in [1.82, 2.24) is 9.78 Å². The zero-order valence-corrected chi connectivity index (χ0v) is 8.82. The van der Waals surface area contributed by atoms with Crippen LogP contribution in [0.4, 0.5) is 0 Å². The molecule has 0 bridgehead atoms. The fourth-order valence-corrected chi connectivity index (χ4v) is 1.65. The molecule has 0 atom stereocenters. The minimum Gasteiger partial charge on any atom is -0.240 e. The van der Waals surface area contributed by atoms with Crippen LogP contribution in [0.5, 0.6) is 0 Å². The van der Waals surface area contributed by atoms with E-state index in [1.165, 1.54) is 0 Å². The summed E-state index contributed by atoms with van der Waals surface area (Å²) >= 11 is 3.48. The van der Waals surface area contributed by atoms with Crippen LogP contribution in [0.25, 0.3) is 5.69 Å². The van der Waals surface area contributed by atoms with Crippen LogP contribution in [0.2, 0.25) is 0 Å². The van der Waals surface area contributed by atoms with Gasteiger partial charge in [-0.1, -0.05) is 12.1 Å². The van der Waals surface area contributed by atoms with Gasteiger partial charge in [0.1, 0.15) is 0 Å². The van der Waals surface area contributed by atoms with E-state index in [1.54, 1.807) is 0 Å². The molecular weight excluding hydrogens is 228 g/mol. The first kappa shape index (κ1) is 8.51. The summed E-state index contributed by atoms with van der Waals surface area (Å²) in [5.74, 6) is 0. The Kier molecular flexibility index (Phi) is 2.19. The molecule has 0 aliphatic heterocycles. The lowest BCUT2D eigenvalue weighted by Gasteiger charge is -2.02. The molecule has 0 N–H and O–H groups in total. The third kappa shape index (κ3) is 1.65. The number of hydrogen-bond acceptors (Lipinski definition) is 1. The molecule has 0 saturated carbocycles. The van der Waals surface area contributed by atoms with Gasteiger partial charge < -0.3 is 0 Å². The van der Waals surface area contributed by atoms with E-state index < -0.39 is 0 Å². The second kappa shape index (κ2) is 3.34. The summed E-state index contributed by atoms with van der Waals surface area (Å²) in [5, 5.41) is 4.23. The molecule has 1 heterocycles. The fourth-order valence-electron chi connectivity index (χ4n) is 1.18. The van der Waals surface area contributed by atoms with E-state index in [1.807, 2.05) is 48.3 Å². The summed E-state index contributed by atoms with van der Waals surface area (Å²) in [6.07, 6.45) is 3.85. The van der Waals surface area contributed by atoms with Gasteiger partial charge in [-0.15, -0.1) is 0 Å². The minimum absolute atomic E-state index is 1.05. The molecule has 0 aliphatic carbocycles.